The van der Waals surface area contributed by atoms with Crippen molar-refractivity contribution in [3.05, 3.63) is 29.8 Å². The normalized spacial score (nSPS) is 9.50. The average molecular weight is 169 g/mol. The van der Waals surface area contributed by atoms with E-state index in [0.717, 1.165) is 0 Å². The van der Waals surface area contributed by atoms with Crippen LogP contribution in [-0.4, -0.2) is 6.61 Å². The number of nitrogens with zero attached hydrogens (tertiary/aromatic N) is 1. The van der Waals surface area contributed by atoms with Crippen molar-refractivity contribution in [3.8, 4) is 11.8 Å². The molecule has 0 bridgehead atoms. The zero-order chi connectivity index (χ0) is 8.97. The molecule has 1 aromatic carbocycles. The van der Waals surface area contributed by atoms with E-state index >= 15 is 0 Å². The van der Waals surface area contributed by atoms with E-state index in [1.807, 2.05) is 6.07 Å². The van der Waals surface area contributed by atoms with Crippen LogP contribution in [0.3, 0.4) is 0 Å². The lowest BCUT2D eigenvalue weighted by Crippen LogP contribution is -2.01. The Morgan fingerprint density at radius 3 is 2.75 bits per heavy atom. The van der Waals surface area contributed by atoms with Gasteiger partial charge in [-0.3, -0.25) is 0 Å². The van der Waals surface area contributed by atoms with Crippen molar-refractivity contribution in [1.82, 2.24) is 0 Å². The first-order chi connectivity index (χ1) is 5.72. The van der Waals surface area contributed by atoms with E-state index in [9.17, 15) is 8.78 Å². The molecular formula is C8H5F2NO. The number of ether oxygens (including phenoxy) is 1. The minimum atomic E-state index is -2.85. The zero-order valence-electron chi connectivity index (χ0n) is 6.00. The number of halogens is 2. The molecule has 62 valence electrons. The van der Waals surface area contributed by atoms with Gasteiger partial charge in [0, 0.05) is 0 Å². The van der Waals surface area contributed by atoms with Gasteiger partial charge in [0.2, 0.25) is 0 Å². The second-order valence-corrected chi connectivity index (χ2v) is 2.02. The Bertz CT molecular complexity index is 306. The van der Waals surface area contributed by atoms with E-state index < -0.39 is 6.61 Å². The molecule has 12 heavy (non-hydrogen) atoms. The molecule has 0 aliphatic heterocycles. The molecule has 4 heteroatoms. The third-order valence-electron chi connectivity index (χ3n) is 1.19. The summed E-state index contributed by atoms with van der Waals surface area (Å²) in [5.74, 6) is 0.00375. The van der Waals surface area contributed by atoms with Gasteiger partial charge in [0.1, 0.15) is 5.75 Å². The van der Waals surface area contributed by atoms with Crippen molar-refractivity contribution in [2.24, 2.45) is 0 Å². The lowest BCUT2D eigenvalue weighted by atomic mass is 10.2. The van der Waals surface area contributed by atoms with Crippen LogP contribution in [0, 0.1) is 11.3 Å². The second-order valence-electron chi connectivity index (χ2n) is 2.02. The fourth-order valence-corrected chi connectivity index (χ4v) is 0.742. The summed E-state index contributed by atoms with van der Waals surface area (Å²) in [5, 5.41) is 8.40. The molecule has 0 heterocycles. The van der Waals surface area contributed by atoms with Crippen LogP contribution in [0.1, 0.15) is 5.56 Å². The molecule has 0 aromatic heterocycles. The molecule has 0 unspecified atom stereocenters. The first-order valence-corrected chi connectivity index (χ1v) is 3.17. The Morgan fingerprint density at radius 1 is 1.42 bits per heavy atom. The van der Waals surface area contributed by atoms with Gasteiger partial charge in [0.15, 0.2) is 0 Å². The molecule has 2 nitrogen and oxygen atoms in total. The Labute approximate surface area is 68.0 Å². The van der Waals surface area contributed by atoms with Gasteiger partial charge < -0.3 is 4.74 Å². The summed E-state index contributed by atoms with van der Waals surface area (Å²) in [6.45, 7) is -2.85. The van der Waals surface area contributed by atoms with E-state index in [1.54, 1.807) is 0 Å². The Kier molecular flexibility index (Phi) is 2.59. The highest BCUT2D eigenvalue weighted by molar-refractivity contribution is 5.36. The molecule has 1 aromatic rings. The van der Waals surface area contributed by atoms with Gasteiger partial charge in [0.25, 0.3) is 0 Å². The highest BCUT2D eigenvalue weighted by Crippen LogP contribution is 2.14. The van der Waals surface area contributed by atoms with E-state index in [1.165, 1.54) is 24.3 Å². The Hall–Kier alpha value is -1.63. The number of hydrogen-bond acceptors (Lipinski definition) is 2. The molecule has 0 spiro atoms. The smallest absolute Gasteiger partial charge is 0.387 e. The lowest BCUT2D eigenvalue weighted by molar-refractivity contribution is -0.0498. The van der Waals surface area contributed by atoms with Crippen molar-refractivity contribution in [2.45, 2.75) is 6.61 Å². The largest absolute Gasteiger partial charge is 0.435 e. The summed E-state index contributed by atoms with van der Waals surface area (Å²) in [6.07, 6.45) is 0. The minimum absolute atomic E-state index is 0.00375. The van der Waals surface area contributed by atoms with Crippen LogP contribution < -0.4 is 4.74 Å². The molecule has 0 N–H and O–H groups in total. The molecule has 0 atom stereocenters. The van der Waals surface area contributed by atoms with E-state index in [0.29, 0.717) is 5.56 Å². The Balaban J connectivity index is 2.81. The lowest BCUT2D eigenvalue weighted by Gasteiger charge is -2.02. The fraction of sp³-hybridized carbons (Fsp3) is 0.125. The molecule has 1 rings (SSSR count). The minimum Gasteiger partial charge on any atom is -0.435 e. The first-order valence-electron chi connectivity index (χ1n) is 3.17. The maximum Gasteiger partial charge on any atom is 0.387 e. The number of benzene rings is 1. The number of alkyl halides is 2. The van der Waals surface area contributed by atoms with Crippen molar-refractivity contribution < 1.29 is 13.5 Å². The third kappa shape index (κ3) is 2.20. The predicted molar refractivity (Wildman–Crippen MR) is 37.8 cm³/mol. The summed E-state index contributed by atoms with van der Waals surface area (Å²) in [6, 6.07) is 7.43. The Morgan fingerprint density at radius 2 is 2.17 bits per heavy atom. The van der Waals surface area contributed by atoms with Gasteiger partial charge in [0.05, 0.1) is 11.6 Å². The third-order valence-corrected chi connectivity index (χ3v) is 1.19. The van der Waals surface area contributed by atoms with Crippen LogP contribution in [0.15, 0.2) is 24.3 Å². The molecule has 0 aliphatic carbocycles. The summed E-state index contributed by atoms with van der Waals surface area (Å²) in [4.78, 5) is 0. The summed E-state index contributed by atoms with van der Waals surface area (Å²) >= 11 is 0. The highest BCUT2D eigenvalue weighted by atomic mass is 19.3. The van der Waals surface area contributed by atoms with Crippen molar-refractivity contribution >= 4 is 0 Å². The van der Waals surface area contributed by atoms with Crippen LogP contribution >= 0.6 is 0 Å². The van der Waals surface area contributed by atoms with Gasteiger partial charge in [-0.1, -0.05) is 6.07 Å². The van der Waals surface area contributed by atoms with Gasteiger partial charge in [-0.15, -0.1) is 0 Å². The van der Waals surface area contributed by atoms with Crippen molar-refractivity contribution in [3.63, 3.8) is 0 Å². The van der Waals surface area contributed by atoms with Crippen LogP contribution in [0.25, 0.3) is 0 Å². The predicted octanol–water partition coefficient (Wildman–Crippen LogP) is 2.16. The summed E-state index contributed by atoms with van der Waals surface area (Å²) < 4.78 is 27.4. The maximum atomic E-state index is 11.7. The van der Waals surface area contributed by atoms with Crippen LogP contribution in [-0.2, 0) is 0 Å². The topological polar surface area (TPSA) is 33.0 Å². The quantitative estimate of drug-likeness (QED) is 0.679. The maximum absolute atomic E-state index is 11.7. The molecule has 0 radical (unpaired) electrons. The molecule has 0 saturated carbocycles. The van der Waals surface area contributed by atoms with Crippen LogP contribution in [0.2, 0.25) is 0 Å². The number of nitriles is 1. The van der Waals surface area contributed by atoms with Gasteiger partial charge in [-0.05, 0) is 18.2 Å². The van der Waals surface area contributed by atoms with Crippen LogP contribution in [0.5, 0.6) is 5.75 Å². The number of hydrogen-bond donors (Lipinski definition) is 0. The average Bonchev–Trinajstić information content (AvgIpc) is 2.03. The zero-order valence-corrected chi connectivity index (χ0v) is 6.00. The van der Waals surface area contributed by atoms with Crippen LogP contribution in [0.4, 0.5) is 8.78 Å². The van der Waals surface area contributed by atoms with Crippen molar-refractivity contribution in [1.29, 1.82) is 5.26 Å². The monoisotopic (exact) mass is 169 g/mol. The molecule has 0 saturated heterocycles. The highest BCUT2D eigenvalue weighted by Gasteiger charge is 2.03. The fourth-order valence-electron chi connectivity index (χ4n) is 0.742. The van der Waals surface area contributed by atoms with Gasteiger partial charge in [-0.2, -0.15) is 14.0 Å². The molecule has 0 fully saturated rings. The first kappa shape index (κ1) is 8.47. The van der Waals surface area contributed by atoms with Crippen molar-refractivity contribution in [2.75, 3.05) is 0 Å². The van der Waals surface area contributed by atoms with Gasteiger partial charge >= 0.3 is 6.61 Å². The molecule has 0 amide bonds. The SMILES string of the molecule is N#Cc1cccc(OC(F)F)c1. The standard InChI is InChI=1S/C8H5F2NO/c9-8(10)12-7-3-1-2-6(4-7)5-11/h1-4,8H. The van der Waals surface area contributed by atoms with Gasteiger partial charge in [-0.25, -0.2) is 0 Å². The molecular weight excluding hydrogens is 164 g/mol. The second kappa shape index (κ2) is 3.67. The van der Waals surface area contributed by atoms with E-state index in [-0.39, 0.29) is 5.75 Å². The van der Waals surface area contributed by atoms with E-state index in [2.05, 4.69) is 4.74 Å². The summed E-state index contributed by atoms with van der Waals surface area (Å²) in [7, 11) is 0. The van der Waals surface area contributed by atoms with E-state index in [4.69, 9.17) is 5.26 Å². The number of rotatable bonds is 2. The summed E-state index contributed by atoms with van der Waals surface area (Å²) in [5.41, 5.74) is 0.299. The molecule has 0 aliphatic rings.